The lowest BCUT2D eigenvalue weighted by Gasteiger charge is -2.44. The summed E-state index contributed by atoms with van der Waals surface area (Å²) in [6.45, 7) is 1.96. The molecule has 3 aliphatic heterocycles. The minimum absolute atomic E-state index is 0.0531. The summed E-state index contributed by atoms with van der Waals surface area (Å²) in [5, 5.41) is 0. The highest BCUT2D eigenvalue weighted by atomic mass is 16.5. The molecule has 4 nitrogen and oxygen atoms in total. The highest BCUT2D eigenvalue weighted by Gasteiger charge is 2.50. The zero-order chi connectivity index (χ0) is 19.5. The fourth-order valence-corrected chi connectivity index (χ4v) is 5.07. The lowest BCUT2D eigenvalue weighted by Crippen LogP contribution is -2.57. The Balaban J connectivity index is 1.48. The lowest BCUT2D eigenvalue weighted by atomic mass is 9.74. The van der Waals surface area contributed by atoms with Gasteiger partial charge in [0.1, 0.15) is 35.1 Å². The van der Waals surface area contributed by atoms with Crippen LogP contribution in [0.25, 0.3) is 0 Å². The van der Waals surface area contributed by atoms with Gasteiger partial charge in [0, 0.05) is 24.0 Å². The van der Waals surface area contributed by atoms with E-state index in [4.69, 9.17) is 9.47 Å². The van der Waals surface area contributed by atoms with Gasteiger partial charge in [-0.2, -0.15) is 0 Å². The zero-order valence-corrected chi connectivity index (χ0v) is 16.6. The summed E-state index contributed by atoms with van der Waals surface area (Å²) < 4.78 is 13.2. The van der Waals surface area contributed by atoms with Crippen molar-refractivity contribution in [2.75, 3.05) is 14.1 Å². The minimum atomic E-state index is -0.875. The first-order valence-corrected chi connectivity index (χ1v) is 10.0. The van der Waals surface area contributed by atoms with Crippen LogP contribution in [0.5, 0.6) is 11.5 Å². The van der Waals surface area contributed by atoms with Crippen LogP contribution in [-0.2, 0) is 14.9 Å². The van der Waals surface area contributed by atoms with Crippen LogP contribution >= 0.6 is 0 Å². The molecule has 0 saturated carbocycles. The number of carbonyl (C=O) groups is 1. The highest BCUT2D eigenvalue weighted by Crippen LogP contribution is 2.49. The van der Waals surface area contributed by atoms with Gasteiger partial charge in [-0.3, -0.25) is 4.79 Å². The molecule has 1 saturated heterocycles. The van der Waals surface area contributed by atoms with Gasteiger partial charge in [0.2, 0.25) is 0 Å². The summed E-state index contributed by atoms with van der Waals surface area (Å²) in [5.41, 5.74) is 0.859. The van der Waals surface area contributed by atoms with Crippen LogP contribution in [0.15, 0.2) is 60.7 Å². The van der Waals surface area contributed by atoms with E-state index in [2.05, 4.69) is 26.2 Å². The van der Waals surface area contributed by atoms with E-state index in [-0.39, 0.29) is 12.1 Å². The molecule has 3 aliphatic rings. The molecular weight excluding hydrogens is 350 g/mol. The number of ether oxygens (including phenoxy) is 2. The van der Waals surface area contributed by atoms with Crippen LogP contribution in [0.3, 0.4) is 0 Å². The van der Waals surface area contributed by atoms with E-state index >= 15 is 0 Å². The molecule has 0 spiro atoms. The number of benzene rings is 2. The topological polar surface area (TPSA) is 35.5 Å². The van der Waals surface area contributed by atoms with Crippen molar-refractivity contribution in [2.24, 2.45) is 0 Å². The maximum Gasteiger partial charge on any atom is 0.321 e. The third-order valence-corrected chi connectivity index (χ3v) is 7.03. The average molecular weight is 376 g/mol. The molecule has 0 N–H and O–H groups in total. The van der Waals surface area contributed by atoms with Crippen molar-refractivity contribution in [2.45, 2.75) is 43.4 Å². The third kappa shape index (κ3) is 2.37. The first kappa shape index (κ1) is 17.5. The Hall–Kier alpha value is -2.59. The smallest absolute Gasteiger partial charge is 0.321 e. The summed E-state index contributed by atoms with van der Waals surface area (Å²) in [4.78, 5) is 13.6. The first-order valence-electron chi connectivity index (χ1n) is 10.0. The van der Waals surface area contributed by atoms with Crippen molar-refractivity contribution in [1.82, 2.24) is 0 Å². The Bertz CT molecular complexity index is 914. The van der Waals surface area contributed by atoms with Gasteiger partial charge in [-0.1, -0.05) is 36.4 Å². The molecule has 0 aromatic heterocycles. The Kier molecular flexibility index (Phi) is 3.72. The summed E-state index contributed by atoms with van der Waals surface area (Å²) in [6.07, 6.45) is 6.28. The summed E-state index contributed by atoms with van der Waals surface area (Å²) in [7, 11) is 4.53. The predicted molar refractivity (Wildman–Crippen MR) is 107 cm³/mol. The number of para-hydroxylation sites is 2. The number of quaternary nitrogens is 1. The van der Waals surface area contributed by atoms with Gasteiger partial charge in [0.15, 0.2) is 0 Å². The number of fused-ring (bicyclic) bond motifs is 4. The van der Waals surface area contributed by atoms with E-state index in [1.54, 1.807) is 0 Å². The Morgan fingerprint density at radius 1 is 0.964 bits per heavy atom. The molecular formula is C24H26NO3+. The number of carbonyl (C=O) groups excluding carboxylic acids is 1. The van der Waals surface area contributed by atoms with Crippen molar-refractivity contribution in [3.8, 4) is 11.5 Å². The SMILES string of the molecule is CC1(C(=O)OC2CC3C=C[C@H](C2)[N+]3(C)C)c2ccccc2Oc2ccccc21. The molecule has 144 valence electrons. The maximum atomic E-state index is 13.6. The van der Waals surface area contributed by atoms with Gasteiger partial charge < -0.3 is 14.0 Å². The maximum absolute atomic E-state index is 13.6. The number of piperidine rings is 1. The fourth-order valence-electron chi connectivity index (χ4n) is 5.07. The van der Waals surface area contributed by atoms with E-state index in [9.17, 15) is 4.79 Å². The Morgan fingerprint density at radius 3 is 2.00 bits per heavy atom. The molecule has 1 fully saturated rings. The minimum Gasteiger partial charge on any atom is -0.461 e. The predicted octanol–water partition coefficient (Wildman–Crippen LogP) is 4.19. The van der Waals surface area contributed by atoms with Gasteiger partial charge in [-0.25, -0.2) is 0 Å². The van der Waals surface area contributed by atoms with Gasteiger partial charge in [-0.15, -0.1) is 0 Å². The molecule has 0 amide bonds. The molecule has 2 unspecified atom stereocenters. The van der Waals surface area contributed by atoms with Crippen molar-refractivity contribution >= 4 is 5.97 Å². The molecule has 5 rings (SSSR count). The van der Waals surface area contributed by atoms with Gasteiger partial charge in [-0.05, 0) is 31.2 Å². The van der Waals surface area contributed by atoms with Gasteiger partial charge in [0.25, 0.3) is 0 Å². The number of nitrogens with zero attached hydrogens (tertiary/aromatic N) is 1. The molecule has 0 radical (unpaired) electrons. The van der Waals surface area contributed by atoms with Crippen LogP contribution < -0.4 is 4.74 Å². The molecule has 2 aromatic carbocycles. The standard InChI is InChI=1S/C24H26NO3/c1-24(23(26)27-18-14-16-12-13-17(15-18)25(16,2)3)19-8-4-6-10-21(19)28-22-11-7-5-9-20(22)24/h4-13,16-18H,14-15H2,1-3H3/q+1/t16-,17?,18?/m1/s1. The van der Waals surface area contributed by atoms with Crippen molar-refractivity contribution in [3.63, 3.8) is 0 Å². The number of hydrogen-bond acceptors (Lipinski definition) is 3. The van der Waals surface area contributed by atoms with E-state index < -0.39 is 5.41 Å². The largest absolute Gasteiger partial charge is 0.461 e. The second-order valence-corrected chi connectivity index (χ2v) is 8.87. The summed E-state index contributed by atoms with van der Waals surface area (Å²) in [5.74, 6) is 1.26. The summed E-state index contributed by atoms with van der Waals surface area (Å²) >= 11 is 0. The Morgan fingerprint density at radius 2 is 1.46 bits per heavy atom. The zero-order valence-electron chi connectivity index (χ0n) is 16.6. The number of esters is 1. The van der Waals surface area contributed by atoms with Crippen LogP contribution in [0.2, 0.25) is 0 Å². The summed E-state index contributed by atoms with van der Waals surface area (Å²) in [6, 6.07) is 16.4. The normalized spacial score (nSPS) is 28.0. The van der Waals surface area contributed by atoms with E-state index in [0.717, 1.165) is 40.0 Å². The molecule has 2 aromatic rings. The van der Waals surface area contributed by atoms with Gasteiger partial charge >= 0.3 is 5.97 Å². The Labute approximate surface area is 166 Å². The van der Waals surface area contributed by atoms with Crippen LogP contribution in [0.1, 0.15) is 30.9 Å². The van der Waals surface area contributed by atoms with Crippen molar-refractivity contribution in [1.29, 1.82) is 0 Å². The van der Waals surface area contributed by atoms with Crippen LogP contribution in [0.4, 0.5) is 0 Å². The monoisotopic (exact) mass is 376 g/mol. The lowest BCUT2D eigenvalue weighted by molar-refractivity contribution is -0.926. The molecule has 3 heterocycles. The third-order valence-electron chi connectivity index (χ3n) is 7.03. The molecule has 4 heteroatoms. The van der Waals surface area contributed by atoms with E-state index in [0.29, 0.717) is 12.1 Å². The molecule has 3 atom stereocenters. The first-order chi connectivity index (χ1) is 13.4. The second kappa shape index (κ2) is 5.95. The van der Waals surface area contributed by atoms with Crippen LogP contribution in [-0.4, -0.2) is 42.7 Å². The molecule has 28 heavy (non-hydrogen) atoms. The quantitative estimate of drug-likeness (QED) is 0.448. The van der Waals surface area contributed by atoms with E-state index in [1.165, 1.54) is 0 Å². The van der Waals surface area contributed by atoms with Crippen LogP contribution in [0, 0.1) is 0 Å². The van der Waals surface area contributed by atoms with Gasteiger partial charge in [0.05, 0.1) is 14.1 Å². The fraction of sp³-hybridized carbons (Fsp3) is 0.375. The average Bonchev–Trinajstić information content (AvgIpc) is 2.85. The number of hydrogen-bond donors (Lipinski definition) is 0. The molecule has 0 aliphatic carbocycles. The number of rotatable bonds is 2. The van der Waals surface area contributed by atoms with Crippen molar-refractivity contribution < 1.29 is 18.8 Å². The van der Waals surface area contributed by atoms with Crippen molar-refractivity contribution in [3.05, 3.63) is 71.8 Å². The van der Waals surface area contributed by atoms with E-state index in [1.807, 2.05) is 55.5 Å². The molecule has 2 bridgehead atoms. The highest BCUT2D eigenvalue weighted by molar-refractivity contribution is 5.90. The second-order valence-electron chi connectivity index (χ2n) is 8.87. The number of likely N-dealkylation sites (N-methyl/N-ethyl adjacent to an activating group) is 1.